The van der Waals surface area contributed by atoms with Crippen LogP contribution in [0.2, 0.25) is 11.5 Å². The van der Waals surface area contributed by atoms with E-state index in [2.05, 4.69) is 15.2 Å². The molecule has 0 bridgehead atoms. The summed E-state index contributed by atoms with van der Waals surface area (Å²) in [6, 6.07) is 8.08. The van der Waals surface area contributed by atoms with Crippen LogP contribution in [0.15, 0.2) is 47.8 Å². The second-order valence-electron chi connectivity index (χ2n) is 6.03. The van der Waals surface area contributed by atoms with Gasteiger partial charge in [0.1, 0.15) is 5.15 Å². The SMILES string of the molecule is OB(O)CCCSc1nnc(-c2ccc(Cl)nc2)n1-c1cccc(C(F)(F)F)c1. The van der Waals surface area contributed by atoms with Gasteiger partial charge in [0.25, 0.3) is 0 Å². The van der Waals surface area contributed by atoms with E-state index in [0.717, 1.165) is 12.1 Å². The van der Waals surface area contributed by atoms with Crippen molar-refractivity contribution in [3.63, 3.8) is 0 Å². The monoisotopic (exact) mass is 442 g/mol. The lowest BCUT2D eigenvalue weighted by Crippen LogP contribution is -2.10. The van der Waals surface area contributed by atoms with E-state index in [-0.39, 0.29) is 17.2 Å². The molecule has 12 heteroatoms. The summed E-state index contributed by atoms with van der Waals surface area (Å²) in [5, 5.41) is 26.8. The Morgan fingerprint density at radius 2 is 1.93 bits per heavy atom. The van der Waals surface area contributed by atoms with Gasteiger partial charge in [0.05, 0.1) is 11.3 Å². The maximum atomic E-state index is 13.2. The number of hydrogen-bond acceptors (Lipinski definition) is 6. The van der Waals surface area contributed by atoms with E-state index in [1.165, 1.54) is 34.7 Å². The van der Waals surface area contributed by atoms with Gasteiger partial charge in [0, 0.05) is 17.5 Å². The van der Waals surface area contributed by atoms with Crippen molar-refractivity contribution < 1.29 is 23.2 Å². The number of halogens is 4. The van der Waals surface area contributed by atoms with Gasteiger partial charge in [-0.2, -0.15) is 13.2 Å². The summed E-state index contributed by atoms with van der Waals surface area (Å²) in [5.74, 6) is 0.798. The number of rotatable bonds is 7. The van der Waals surface area contributed by atoms with Crippen LogP contribution in [-0.2, 0) is 6.18 Å². The van der Waals surface area contributed by atoms with E-state index in [0.29, 0.717) is 28.7 Å². The maximum absolute atomic E-state index is 13.2. The van der Waals surface area contributed by atoms with E-state index >= 15 is 0 Å². The van der Waals surface area contributed by atoms with Crippen LogP contribution in [0.1, 0.15) is 12.0 Å². The van der Waals surface area contributed by atoms with Gasteiger partial charge < -0.3 is 10.0 Å². The zero-order valence-electron chi connectivity index (χ0n) is 14.8. The summed E-state index contributed by atoms with van der Waals surface area (Å²) in [6.07, 6.45) is -2.36. The number of thioether (sulfide) groups is 1. The van der Waals surface area contributed by atoms with E-state index < -0.39 is 18.9 Å². The lowest BCUT2D eigenvalue weighted by molar-refractivity contribution is -0.137. The molecule has 0 aliphatic rings. The minimum atomic E-state index is -4.49. The Balaban J connectivity index is 2.01. The third-order valence-corrected chi connectivity index (χ3v) is 5.13. The van der Waals surface area contributed by atoms with Crippen molar-refractivity contribution in [2.45, 2.75) is 24.1 Å². The van der Waals surface area contributed by atoms with Gasteiger partial charge in [-0.3, -0.25) is 4.57 Å². The largest absolute Gasteiger partial charge is 0.451 e. The molecule has 2 N–H and O–H groups in total. The number of alkyl halides is 3. The molecule has 2 heterocycles. The Morgan fingerprint density at radius 1 is 1.14 bits per heavy atom. The zero-order chi connectivity index (χ0) is 21.0. The second-order valence-corrected chi connectivity index (χ2v) is 7.48. The molecule has 0 saturated carbocycles. The highest BCUT2D eigenvalue weighted by atomic mass is 35.5. The topological polar surface area (TPSA) is 84.1 Å². The van der Waals surface area contributed by atoms with Crippen molar-refractivity contribution in [3.8, 4) is 17.1 Å². The van der Waals surface area contributed by atoms with E-state index in [1.807, 2.05) is 0 Å². The molecule has 3 rings (SSSR count). The summed E-state index contributed by atoms with van der Waals surface area (Å²) in [6.45, 7) is 0. The quantitative estimate of drug-likeness (QED) is 0.249. The first-order valence-corrected chi connectivity index (χ1v) is 9.86. The minimum Gasteiger partial charge on any atom is -0.427 e. The molecule has 152 valence electrons. The van der Waals surface area contributed by atoms with Gasteiger partial charge in [0.2, 0.25) is 0 Å². The third kappa shape index (κ3) is 5.50. The maximum Gasteiger partial charge on any atom is 0.451 e. The number of aromatic nitrogens is 4. The summed E-state index contributed by atoms with van der Waals surface area (Å²) >= 11 is 7.07. The predicted molar refractivity (Wildman–Crippen MR) is 105 cm³/mol. The summed E-state index contributed by atoms with van der Waals surface area (Å²) in [4.78, 5) is 3.99. The summed E-state index contributed by atoms with van der Waals surface area (Å²) in [7, 11) is -1.41. The van der Waals surface area contributed by atoms with Crippen LogP contribution in [0.3, 0.4) is 0 Å². The minimum absolute atomic E-state index is 0.179. The van der Waals surface area contributed by atoms with E-state index in [4.69, 9.17) is 21.6 Å². The molecule has 0 amide bonds. The average molecular weight is 443 g/mol. The molecular weight excluding hydrogens is 428 g/mol. The second kappa shape index (κ2) is 9.16. The Kier molecular flexibility index (Phi) is 6.83. The van der Waals surface area contributed by atoms with Crippen LogP contribution in [0.4, 0.5) is 13.2 Å². The van der Waals surface area contributed by atoms with Crippen molar-refractivity contribution in [3.05, 3.63) is 53.3 Å². The first kappa shape index (κ1) is 21.6. The van der Waals surface area contributed by atoms with Crippen molar-refractivity contribution >= 4 is 30.5 Å². The number of benzene rings is 1. The van der Waals surface area contributed by atoms with Gasteiger partial charge in [-0.1, -0.05) is 29.4 Å². The van der Waals surface area contributed by atoms with Gasteiger partial charge >= 0.3 is 13.3 Å². The summed E-state index contributed by atoms with van der Waals surface area (Å²) in [5.41, 5.74) is -0.000330. The van der Waals surface area contributed by atoms with Gasteiger partial charge in [0.15, 0.2) is 11.0 Å². The van der Waals surface area contributed by atoms with Crippen LogP contribution in [-0.4, -0.2) is 42.7 Å². The Hall–Kier alpha value is -2.08. The molecule has 0 saturated heterocycles. The van der Waals surface area contributed by atoms with Crippen molar-refractivity contribution in [1.29, 1.82) is 0 Å². The lowest BCUT2D eigenvalue weighted by atomic mass is 9.85. The standard InChI is InChI=1S/C17H15BClF3N4O2S/c19-14-6-5-11(10-23-14)15-24-25-16(29-8-2-7-18(27)28)26(15)13-4-1-3-12(9-13)17(20,21)22/h1,3-6,9-10,27-28H,2,7-8H2. The fourth-order valence-electron chi connectivity index (χ4n) is 2.54. The first-order valence-electron chi connectivity index (χ1n) is 8.49. The van der Waals surface area contributed by atoms with E-state index in [1.54, 1.807) is 12.1 Å². The predicted octanol–water partition coefficient (Wildman–Crippen LogP) is 3.96. The number of pyridine rings is 1. The van der Waals surface area contributed by atoms with Crippen molar-refractivity contribution in [2.75, 3.05) is 5.75 Å². The Labute approximate surface area is 173 Å². The molecule has 0 aliphatic heterocycles. The van der Waals surface area contributed by atoms with Crippen LogP contribution >= 0.6 is 23.4 Å². The van der Waals surface area contributed by atoms with Gasteiger partial charge in [-0.05, 0) is 43.1 Å². The lowest BCUT2D eigenvalue weighted by Gasteiger charge is -2.13. The molecule has 0 aliphatic carbocycles. The van der Waals surface area contributed by atoms with Crippen molar-refractivity contribution in [2.24, 2.45) is 0 Å². The molecule has 1 aromatic carbocycles. The molecule has 0 spiro atoms. The highest BCUT2D eigenvalue weighted by Gasteiger charge is 2.31. The normalized spacial score (nSPS) is 11.7. The Bertz CT molecular complexity index is 970. The molecule has 0 atom stereocenters. The third-order valence-electron chi connectivity index (χ3n) is 3.89. The zero-order valence-corrected chi connectivity index (χ0v) is 16.4. The summed E-state index contributed by atoms with van der Waals surface area (Å²) < 4.78 is 41.1. The number of nitrogens with zero attached hydrogens (tertiary/aromatic N) is 4. The molecule has 3 aromatic rings. The van der Waals surface area contributed by atoms with Crippen LogP contribution in [0.25, 0.3) is 17.1 Å². The highest BCUT2D eigenvalue weighted by Crippen LogP contribution is 2.33. The fourth-order valence-corrected chi connectivity index (χ4v) is 3.57. The molecule has 29 heavy (non-hydrogen) atoms. The molecule has 0 unspecified atom stereocenters. The smallest absolute Gasteiger partial charge is 0.427 e. The average Bonchev–Trinajstić information content (AvgIpc) is 3.09. The fraction of sp³-hybridized carbons (Fsp3) is 0.235. The van der Waals surface area contributed by atoms with Crippen LogP contribution < -0.4 is 0 Å². The highest BCUT2D eigenvalue weighted by molar-refractivity contribution is 7.99. The molecule has 0 radical (unpaired) electrons. The Morgan fingerprint density at radius 3 is 2.59 bits per heavy atom. The van der Waals surface area contributed by atoms with Gasteiger partial charge in [-0.15, -0.1) is 10.2 Å². The van der Waals surface area contributed by atoms with E-state index in [9.17, 15) is 13.2 Å². The molecule has 6 nitrogen and oxygen atoms in total. The molecular formula is C17H15BClF3N4O2S. The van der Waals surface area contributed by atoms with Crippen LogP contribution in [0.5, 0.6) is 0 Å². The number of hydrogen-bond donors (Lipinski definition) is 2. The molecule has 2 aromatic heterocycles. The van der Waals surface area contributed by atoms with Crippen LogP contribution in [0, 0.1) is 0 Å². The molecule has 0 fully saturated rings. The van der Waals surface area contributed by atoms with Gasteiger partial charge in [-0.25, -0.2) is 4.98 Å². The first-order chi connectivity index (χ1) is 13.8. The van der Waals surface area contributed by atoms with Crippen molar-refractivity contribution in [1.82, 2.24) is 19.7 Å².